The summed E-state index contributed by atoms with van der Waals surface area (Å²) in [5, 5.41) is 0. The summed E-state index contributed by atoms with van der Waals surface area (Å²) in [4.78, 5) is 26.9. The molecule has 0 bridgehead atoms. The van der Waals surface area contributed by atoms with E-state index in [0.29, 0.717) is 11.5 Å². The lowest BCUT2D eigenvalue weighted by molar-refractivity contribution is -0.115. The number of fused-ring (bicyclic) bond motifs is 3. The maximum absolute atomic E-state index is 13.4. The van der Waals surface area contributed by atoms with Gasteiger partial charge in [0.1, 0.15) is 11.8 Å². The van der Waals surface area contributed by atoms with Crippen LogP contribution in [0.15, 0.2) is 83.1 Å². The molecule has 2 heterocycles. The van der Waals surface area contributed by atoms with Crippen LogP contribution in [-0.2, 0) is 4.79 Å². The summed E-state index contributed by atoms with van der Waals surface area (Å²) >= 11 is 0. The van der Waals surface area contributed by atoms with Gasteiger partial charge in [-0.2, -0.15) is 0 Å². The van der Waals surface area contributed by atoms with Crippen molar-refractivity contribution in [3.05, 3.63) is 89.8 Å². The Hall–Kier alpha value is -3.14. The fourth-order valence-corrected chi connectivity index (χ4v) is 4.04. The molecule has 0 spiro atoms. The summed E-state index contributed by atoms with van der Waals surface area (Å²) < 4.78 is 0. The van der Waals surface area contributed by atoms with E-state index < -0.39 is 0 Å². The maximum Gasteiger partial charge on any atom is 0.187 e. The monoisotopic (exact) mass is 339 g/mol. The predicted molar refractivity (Wildman–Crippen MR) is 102 cm³/mol. The van der Waals surface area contributed by atoms with Gasteiger partial charge in [-0.15, -0.1) is 0 Å². The van der Waals surface area contributed by atoms with Gasteiger partial charge >= 0.3 is 0 Å². The van der Waals surface area contributed by atoms with Gasteiger partial charge in [-0.05, 0) is 35.6 Å². The number of carbonyl (C=O) groups is 1. The maximum atomic E-state index is 13.4. The molecule has 3 atom stereocenters. The molecule has 1 aliphatic heterocycles. The number of aliphatic imine (C=N–C) groups is 2. The van der Waals surface area contributed by atoms with Crippen molar-refractivity contribution in [1.29, 1.82) is 0 Å². The van der Waals surface area contributed by atoms with Crippen molar-refractivity contribution in [3.63, 3.8) is 0 Å². The van der Waals surface area contributed by atoms with Gasteiger partial charge in [-0.1, -0.05) is 48.6 Å². The van der Waals surface area contributed by atoms with Crippen molar-refractivity contribution in [2.75, 3.05) is 0 Å². The Morgan fingerprint density at radius 3 is 2.65 bits per heavy atom. The molecule has 4 heteroatoms. The molecule has 26 heavy (non-hydrogen) atoms. The fourth-order valence-electron chi connectivity index (χ4n) is 4.04. The van der Waals surface area contributed by atoms with Gasteiger partial charge in [-0.3, -0.25) is 14.8 Å². The number of rotatable bonds is 2. The van der Waals surface area contributed by atoms with Crippen molar-refractivity contribution < 1.29 is 4.79 Å². The minimum absolute atomic E-state index is 0.0984. The van der Waals surface area contributed by atoms with Crippen LogP contribution in [0.3, 0.4) is 0 Å². The zero-order chi connectivity index (χ0) is 17.5. The topological polar surface area (TPSA) is 54.7 Å². The Balaban J connectivity index is 1.63. The number of hydrogen-bond donors (Lipinski definition) is 0. The lowest BCUT2D eigenvalue weighted by Gasteiger charge is -2.32. The van der Waals surface area contributed by atoms with Crippen LogP contribution in [0.4, 0.5) is 0 Å². The summed E-state index contributed by atoms with van der Waals surface area (Å²) in [5.41, 5.74) is 3.59. The van der Waals surface area contributed by atoms with Gasteiger partial charge in [0, 0.05) is 18.0 Å². The molecular weight excluding hydrogens is 322 g/mol. The summed E-state index contributed by atoms with van der Waals surface area (Å²) in [6.07, 6.45) is 12.7. The molecule has 2 aliphatic carbocycles. The molecule has 0 saturated carbocycles. The predicted octanol–water partition coefficient (Wildman–Crippen LogP) is 3.82. The highest BCUT2D eigenvalue weighted by Gasteiger charge is 2.44. The van der Waals surface area contributed by atoms with Crippen LogP contribution in [0, 0.1) is 5.92 Å². The fraction of sp³-hybridized carbons (Fsp3) is 0.182. The Morgan fingerprint density at radius 2 is 1.88 bits per heavy atom. The molecule has 0 saturated heterocycles. The molecule has 3 unspecified atom stereocenters. The molecule has 5 rings (SSSR count). The summed E-state index contributed by atoms with van der Waals surface area (Å²) in [5.74, 6) is 0.674. The van der Waals surface area contributed by atoms with E-state index >= 15 is 0 Å². The molecule has 0 amide bonds. The third-order valence-corrected chi connectivity index (χ3v) is 5.26. The smallest absolute Gasteiger partial charge is 0.187 e. The minimum Gasteiger partial charge on any atom is -0.292 e. The molecule has 0 fully saturated rings. The van der Waals surface area contributed by atoms with E-state index in [9.17, 15) is 4.79 Å². The normalized spacial score (nSPS) is 26.2. The van der Waals surface area contributed by atoms with Crippen molar-refractivity contribution in [3.8, 4) is 0 Å². The molecule has 126 valence electrons. The number of allylic oxidation sites excluding steroid dienone is 4. The zero-order valence-corrected chi connectivity index (χ0v) is 14.1. The number of pyridine rings is 1. The highest BCUT2D eigenvalue weighted by Crippen LogP contribution is 2.43. The van der Waals surface area contributed by atoms with Crippen LogP contribution in [0.25, 0.3) is 0 Å². The third-order valence-electron chi connectivity index (χ3n) is 5.26. The van der Waals surface area contributed by atoms with Crippen LogP contribution in [0.5, 0.6) is 0 Å². The van der Waals surface area contributed by atoms with E-state index in [2.05, 4.69) is 34.3 Å². The SMILES string of the molecule is O=C1C2=NC(c3cccnc3)=NC2c2ccccc2C1C1C=CC=CC1. The Labute approximate surface area is 151 Å². The van der Waals surface area contributed by atoms with Crippen LogP contribution in [0.1, 0.15) is 35.1 Å². The molecule has 4 nitrogen and oxygen atoms in total. The highest BCUT2D eigenvalue weighted by atomic mass is 16.1. The third kappa shape index (κ3) is 2.30. The van der Waals surface area contributed by atoms with E-state index in [0.717, 1.165) is 23.1 Å². The lowest BCUT2D eigenvalue weighted by atomic mass is 9.71. The van der Waals surface area contributed by atoms with Gasteiger partial charge in [0.05, 0.1) is 5.92 Å². The highest BCUT2D eigenvalue weighted by molar-refractivity contribution is 6.48. The number of aromatic nitrogens is 1. The number of amidine groups is 1. The van der Waals surface area contributed by atoms with E-state index in [1.165, 1.54) is 0 Å². The second-order valence-corrected chi connectivity index (χ2v) is 6.78. The van der Waals surface area contributed by atoms with Crippen molar-refractivity contribution in [2.24, 2.45) is 15.9 Å². The minimum atomic E-state index is -0.298. The standard InChI is InChI=1S/C22H17N3O/c26-21-18(14-7-2-1-3-8-14)16-10-4-5-11-17(16)19-20(21)25-22(24-19)15-9-6-12-23-13-15/h1-7,9-14,18-19H,8H2. The molecule has 1 aromatic carbocycles. The van der Waals surface area contributed by atoms with Gasteiger partial charge in [-0.25, -0.2) is 4.99 Å². The number of hydrogen-bond acceptors (Lipinski definition) is 4. The summed E-state index contributed by atoms with van der Waals surface area (Å²) in [6, 6.07) is 11.6. The number of carbonyl (C=O) groups excluding carboxylic acids is 1. The van der Waals surface area contributed by atoms with Gasteiger partial charge in [0.15, 0.2) is 11.6 Å². The van der Waals surface area contributed by atoms with E-state index in [4.69, 9.17) is 4.99 Å². The van der Waals surface area contributed by atoms with E-state index in [-0.39, 0.29) is 23.7 Å². The molecular formula is C22H17N3O. The molecule has 3 aliphatic rings. The second kappa shape index (κ2) is 5.99. The van der Waals surface area contributed by atoms with Gasteiger partial charge in [0.2, 0.25) is 0 Å². The van der Waals surface area contributed by atoms with E-state index in [1.54, 1.807) is 12.4 Å². The van der Waals surface area contributed by atoms with Crippen molar-refractivity contribution >= 4 is 17.3 Å². The van der Waals surface area contributed by atoms with E-state index in [1.807, 2.05) is 36.4 Å². The zero-order valence-electron chi connectivity index (χ0n) is 14.1. The van der Waals surface area contributed by atoms with Crippen molar-refractivity contribution in [1.82, 2.24) is 4.98 Å². The molecule has 0 radical (unpaired) electrons. The number of ketones is 1. The average Bonchev–Trinajstić information content (AvgIpc) is 3.16. The summed E-state index contributed by atoms with van der Waals surface area (Å²) in [6.45, 7) is 0. The van der Waals surface area contributed by atoms with Crippen LogP contribution < -0.4 is 0 Å². The largest absolute Gasteiger partial charge is 0.292 e. The van der Waals surface area contributed by atoms with Crippen molar-refractivity contribution in [2.45, 2.75) is 18.4 Å². The first-order valence-corrected chi connectivity index (χ1v) is 8.86. The molecule has 0 N–H and O–H groups in total. The second-order valence-electron chi connectivity index (χ2n) is 6.78. The average molecular weight is 339 g/mol. The van der Waals surface area contributed by atoms with Gasteiger partial charge < -0.3 is 0 Å². The number of benzene rings is 1. The Morgan fingerprint density at radius 1 is 1.00 bits per heavy atom. The van der Waals surface area contributed by atoms with Crippen LogP contribution in [0.2, 0.25) is 0 Å². The Kier molecular flexibility index (Phi) is 3.49. The summed E-state index contributed by atoms with van der Waals surface area (Å²) in [7, 11) is 0. The van der Waals surface area contributed by atoms with Crippen LogP contribution in [-0.4, -0.2) is 22.3 Å². The number of Topliss-reactive ketones (excluding diaryl/α,β-unsaturated/α-hetero) is 1. The number of nitrogens with zero attached hydrogens (tertiary/aromatic N) is 3. The first-order valence-electron chi connectivity index (χ1n) is 8.86. The molecule has 2 aromatic rings. The quantitative estimate of drug-likeness (QED) is 0.835. The van der Waals surface area contributed by atoms with Gasteiger partial charge in [0.25, 0.3) is 0 Å². The Bertz CT molecular complexity index is 1000. The first kappa shape index (κ1) is 15.1. The van der Waals surface area contributed by atoms with Crippen LogP contribution >= 0.6 is 0 Å². The first-order chi connectivity index (χ1) is 12.8. The lowest BCUT2D eigenvalue weighted by Crippen LogP contribution is -2.35. The molecule has 1 aromatic heterocycles.